The molecule has 0 amide bonds. The lowest BCUT2D eigenvalue weighted by atomic mass is 9.57. The summed E-state index contributed by atoms with van der Waals surface area (Å²) in [7, 11) is 1.89. The molecule has 0 spiro atoms. The fourth-order valence-corrected chi connectivity index (χ4v) is 4.81. The van der Waals surface area contributed by atoms with Gasteiger partial charge >= 0.3 is 0 Å². The third kappa shape index (κ3) is 3.23. The lowest BCUT2D eigenvalue weighted by molar-refractivity contribution is -0.106. The Bertz CT molecular complexity index is 466. The van der Waals surface area contributed by atoms with Crippen molar-refractivity contribution in [2.45, 2.75) is 63.8 Å². The van der Waals surface area contributed by atoms with Crippen LogP contribution in [0, 0.1) is 11.3 Å². The number of rotatable bonds is 3. The second kappa shape index (κ2) is 6.67. The molecule has 23 heavy (non-hydrogen) atoms. The monoisotopic (exact) mass is 434 g/mol. The van der Waals surface area contributed by atoms with Crippen LogP contribution in [0.3, 0.4) is 0 Å². The average molecular weight is 434 g/mol. The van der Waals surface area contributed by atoms with Gasteiger partial charge in [-0.05, 0) is 25.7 Å². The minimum atomic E-state index is 0. The Hall–Kier alpha value is -0.0800. The molecule has 4 aliphatic rings. The van der Waals surface area contributed by atoms with Crippen molar-refractivity contribution in [2.24, 2.45) is 16.3 Å². The van der Waals surface area contributed by atoms with Gasteiger partial charge in [-0.3, -0.25) is 9.89 Å². The first kappa shape index (κ1) is 17.7. The maximum Gasteiger partial charge on any atom is 0.191 e. The number of nitrogens with zero attached hydrogens (tertiary/aromatic N) is 2. The highest BCUT2D eigenvalue weighted by Gasteiger charge is 2.59. The molecule has 4 fully saturated rings. The minimum Gasteiger partial charge on any atom is -0.377 e. The fourth-order valence-electron chi connectivity index (χ4n) is 4.81. The van der Waals surface area contributed by atoms with Crippen LogP contribution in [0.25, 0.3) is 0 Å². The van der Waals surface area contributed by atoms with Crippen LogP contribution in [0.15, 0.2) is 4.99 Å². The van der Waals surface area contributed by atoms with E-state index in [-0.39, 0.29) is 29.4 Å². The summed E-state index contributed by atoms with van der Waals surface area (Å²) in [4.78, 5) is 7.11. The Morgan fingerprint density at radius 3 is 2.65 bits per heavy atom. The summed E-state index contributed by atoms with van der Waals surface area (Å²) in [6, 6.07) is 1.90. The minimum absolute atomic E-state index is 0. The Morgan fingerprint density at radius 1 is 1.17 bits per heavy atom. The molecule has 2 aliphatic heterocycles. The quantitative estimate of drug-likeness (QED) is 0.404. The SMILES string of the molecule is CN=C(NC1CCN(C2CC2)C1)NC1C2CCOC2C1(C)C.I. The topological polar surface area (TPSA) is 48.9 Å². The zero-order valence-corrected chi connectivity index (χ0v) is 16.9. The Labute approximate surface area is 157 Å². The number of likely N-dealkylation sites (tertiary alicyclic amines) is 1. The molecule has 2 heterocycles. The smallest absolute Gasteiger partial charge is 0.191 e. The zero-order valence-electron chi connectivity index (χ0n) is 14.5. The van der Waals surface area contributed by atoms with Crippen LogP contribution in [0.5, 0.6) is 0 Å². The average Bonchev–Trinajstić information content (AvgIpc) is 3.08. The van der Waals surface area contributed by atoms with Crippen LogP contribution in [-0.4, -0.2) is 61.8 Å². The number of fused-ring (bicyclic) bond motifs is 1. The molecule has 4 unspecified atom stereocenters. The molecule has 2 saturated heterocycles. The van der Waals surface area contributed by atoms with E-state index in [1.807, 2.05) is 7.05 Å². The summed E-state index contributed by atoms with van der Waals surface area (Å²) in [5.41, 5.74) is 0.203. The molecule has 4 atom stereocenters. The van der Waals surface area contributed by atoms with Crippen LogP contribution < -0.4 is 10.6 Å². The molecular weight excluding hydrogens is 403 g/mol. The van der Waals surface area contributed by atoms with Crippen LogP contribution in [0.1, 0.15) is 39.5 Å². The van der Waals surface area contributed by atoms with Gasteiger partial charge < -0.3 is 15.4 Å². The number of aliphatic imine (C=N–C) groups is 1. The van der Waals surface area contributed by atoms with E-state index in [1.165, 1.54) is 38.8 Å². The molecule has 2 aliphatic carbocycles. The molecule has 0 radical (unpaired) electrons. The number of halogens is 1. The lowest BCUT2D eigenvalue weighted by Gasteiger charge is -2.55. The van der Waals surface area contributed by atoms with E-state index in [0.29, 0.717) is 24.1 Å². The first-order valence-electron chi connectivity index (χ1n) is 8.95. The Morgan fingerprint density at radius 2 is 1.96 bits per heavy atom. The molecule has 5 nitrogen and oxygen atoms in total. The number of hydrogen-bond acceptors (Lipinski definition) is 3. The van der Waals surface area contributed by atoms with E-state index in [4.69, 9.17) is 4.74 Å². The van der Waals surface area contributed by atoms with Crippen molar-refractivity contribution in [3.63, 3.8) is 0 Å². The van der Waals surface area contributed by atoms with Crippen LogP contribution in [0.2, 0.25) is 0 Å². The molecule has 0 aromatic carbocycles. The van der Waals surface area contributed by atoms with Gasteiger partial charge in [-0.1, -0.05) is 13.8 Å². The molecule has 2 saturated carbocycles. The Balaban J connectivity index is 0.00000156. The van der Waals surface area contributed by atoms with Gasteiger partial charge in [0.15, 0.2) is 5.96 Å². The van der Waals surface area contributed by atoms with Crippen molar-refractivity contribution in [1.82, 2.24) is 15.5 Å². The van der Waals surface area contributed by atoms with E-state index in [0.717, 1.165) is 18.6 Å². The van der Waals surface area contributed by atoms with Gasteiger partial charge in [-0.15, -0.1) is 24.0 Å². The predicted molar refractivity (Wildman–Crippen MR) is 103 cm³/mol. The van der Waals surface area contributed by atoms with E-state index >= 15 is 0 Å². The molecular formula is C17H31IN4O. The van der Waals surface area contributed by atoms with Crippen molar-refractivity contribution >= 4 is 29.9 Å². The number of ether oxygens (including phenoxy) is 1. The van der Waals surface area contributed by atoms with E-state index in [1.54, 1.807) is 0 Å². The van der Waals surface area contributed by atoms with E-state index < -0.39 is 0 Å². The highest BCUT2D eigenvalue weighted by Crippen LogP contribution is 2.52. The lowest BCUT2D eigenvalue weighted by Crippen LogP contribution is -2.68. The Kier molecular flexibility index (Phi) is 5.14. The normalized spacial score (nSPS) is 39.3. The maximum absolute atomic E-state index is 5.89. The summed E-state index contributed by atoms with van der Waals surface area (Å²) < 4.78 is 5.89. The summed E-state index contributed by atoms with van der Waals surface area (Å²) in [5.74, 6) is 1.63. The second-order valence-corrected chi connectivity index (χ2v) is 8.12. The molecule has 0 aromatic rings. The summed E-state index contributed by atoms with van der Waals surface area (Å²) in [6.07, 6.45) is 5.65. The van der Waals surface area contributed by atoms with Gasteiger partial charge in [-0.25, -0.2) is 0 Å². The van der Waals surface area contributed by atoms with Crippen LogP contribution >= 0.6 is 24.0 Å². The number of guanidine groups is 1. The van der Waals surface area contributed by atoms with Crippen molar-refractivity contribution in [1.29, 1.82) is 0 Å². The van der Waals surface area contributed by atoms with E-state index in [9.17, 15) is 0 Å². The highest BCUT2D eigenvalue weighted by molar-refractivity contribution is 14.0. The molecule has 0 aromatic heterocycles. The summed E-state index contributed by atoms with van der Waals surface area (Å²) in [5, 5.41) is 7.34. The van der Waals surface area contributed by atoms with Crippen LogP contribution in [0.4, 0.5) is 0 Å². The fraction of sp³-hybridized carbons (Fsp3) is 0.941. The first-order valence-corrected chi connectivity index (χ1v) is 8.95. The zero-order chi connectivity index (χ0) is 15.3. The third-order valence-electron chi connectivity index (χ3n) is 6.24. The summed E-state index contributed by atoms with van der Waals surface area (Å²) in [6.45, 7) is 7.97. The highest BCUT2D eigenvalue weighted by atomic mass is 127. The second-order valence-electron chi connectivity index (χ2n) is 8.12. The first-order chi connectivity index (χ1) is 10.6. The summed E-state index contributed by atoms with van der Waals surface area (Å²) >= 11 is 0. The van der Waals surface area contributed by atoms with Crippen molar-refractivity contribution in [3.8, 4) is 0 Å². The molecule has 2 N–H and O–H groups in total. The molecule has 4 rings (SSSR count). The largest absolute Gasteiger partial charge is 0.377 e. The predicted octanol–water partition coefficient (Wildman–Crippen LogP) is 1.82. The number of nitrogens with one attached hydrogen (secondary N) is 2. The standard InChI is InChI=1S/C17H30N4O.HI/c1-17(2)14(13-7-9-22-15(13)17)20-16(18-3)19-11-6-8-21(10-11)12-4-5-12;/h11-15H,4-10H2,1-3H3,(H2,18,19,20);1H. The van der Waals surface area contributed by atoms with Gasteiger partial charge in [-0.2, -0.15) is 0 Å². The van der Waals surface area contributed by atoms with Gasteiger partial charge in [0.1, 0.15) is 0 Å². The van der Waals surface area contributed by atoms with Gasteiger partial charge in [0.2, 0.25) is 0 Å². The molecule has 132 valence electrons. The van der Waals surface area contributed by atoms with Crippen molar-refractivity contribution < 1.29 is 4.74 Å². The van der Waals surface area contributed by atoms with Gasteiger partial charge in [0.05, 0.1) is 6.10 Å². The van der Waals surface area contributed by atoms with Crippen molar-refractivity contribution in [2.75, 3.05) is 26.7 Å². The van der Waals surface area contributed by atoms with Gasteiger partial charge in [0.25, 0.3) is 0 Å². The van der Waals surface area contributed by atoms with Gasteiger partial charge in [0, 0.05) is 56.2 Å². The van der Waals surface area contributed by atoms with E-state index in [2.05, 4.69) is 34.4 Å². The maximum atomic E-state index is 5.89. The molecule has 0 bridgehead atoms. The molecule has 6 heteroatoms. The number of hydrogen-bond donors (Lipinski definition) is 2. The third-order valence-corrected chi connectivity index (χ3v) is 6.24. The van der Waals surface area contributed by atoms with Crippen molar-refractivity contribution in [3.05, 3.63) is 0 Å². The van der Waals surface area contributed by atoms with Crippen LogP contribution in [-0.2, 0) is 4.74 Å².